The van der Waals surface area contributed by atoms with Gasteiger partial charge in [0.1, 0.15) is 0 Å². The lowest BCUT2D eigenvalue weighted by atomic mass is 10.0. The summed E-state index contributed by atoms with van der Waals surface area (Å²) in [6.45, 7) is 1.71. The molecule has 9 heteroatoms. The fraction of sp³-hybridized carbons (Fsp3) is 0.222. The maximum atomic E-state index is 13.8. The zero-order valence-corrected chi connectivity index (χ0v) is 15.6. The molecule has 27 heavy (non-hydrogen) atoms. The van der Waals surface area contributed by atoms with E-state index in [-0.39, 0.29) is 6.16 Å². The molecule has 0 saturated carbocycles. The Hall–Kier alpha value is -2.02. The van der Waals surface area contributed by atoms with Crippen molar-refractivity contribution in [3.05, 3.63) is 69.5 Å². The highest BCUT2D eigenvalue weighted by atomic mass is 31.2. The molecule has 2 aromatic carbocycles. The fourth-order valence-corrected chi connectivity index (χ4v) is 3.66. The average molecular weight is 406 g/mol. The molecule has 0 heterocycles. The quantitative estimate of drug-likeness (QED) is 0.199. The highest BCUT2D eigenvalue weighted by Gasteiger charge is 2.25. The first-order valence-corrected chi connectivity index (χ1v) is 9.36. The van der Waals surface area contributed by atoms with E-state index in [9.17, 15) is 26.5 Å². The van der Waals surface area contributed by atoms with E-state index < -0.39 is 42.2 Å². The second-order valence-corrected chi connectivity index (χ2v) is 7.86. The highest BCUT2D eigenvalue weighted by molar-refractivity contribution is 7.52. The van der Waals surface area contributed by atoms with Crippen molar-refractivity contribution >= 4 is 19.7 Å². The lowest BCUT2D eigenvalue weighted by molar-refractivity contribution is 0.274. The summed E-state index contributed by atoms with van der Waals surface area (Å²) in [5.41, 5.74) is 0.474. The number of benzene rings is 2. The van der Waals surface area contributed by atoms with Gasteiger partial charge in [-0.2, -0.15) is 0 Å². The molecule has 3 nitrogen and oxygen atoms in total. The molecule has 0 amide bonds. The van der Waals surface area contributed by atoms with E-state index >= 15 is 0 Å². The fourth-order valence-electron chi connectivity index (χ4n) is 2.44. The average Bonchev–Trinajstić information content (AvgIpc) is 2.67. The molecule has 0 spiro atoms. The van der Waals surface area contributed by atoms with Crippen molar-refractivity contribution < 1.29 is 35.6 Å². The standard InChI is InChI=1S/C18H16F5O3P/c1-10-5-4-6-11(13(10)9-27(24,25-2)26-3)7-8-12-14(19)16(21)18(23)17(22)15(12)20/h4-8H,9H2,1-3H3/b8-7+. The van der Waals surface area contributed by atoms with E-state index in [1.54, 1.807) is 25.1 Å². The first-order valence-electron chi connectivity index (χ1n) is 7.63. The van der Waals surface area contributed by atoms with Crippen molar-refractivity contribution in [3.63, 3.8) is 0 Å². The van der Waals surface area contributed by atoms with E-state index in [2.05, 4.69) is 0 Å². The Kier molecular flexibility index (Phi) is 6.57. The van der Waals surface area contributed by atoms with E-state index in [1.165, 1.54) is 20.3 Å². The lowest BCUT2D eigenvalue weighted by Gasteiger charge is -2.17. The number of rotatable bonds is 6. The van der Waals surface area contributed by atoms with Gasteiger partial charge in [0.25, 0.3) is 0 Å². The monoisotopic (exact) mass is 406 g/mol. The minimum absolute atomic E-state index is 0.135. The van der Waals surface area contributed by atoms with Crippen LogP contribution < -0.4 is 0 Å². The number of hydrogen-bond acceptors (Lipinski definition) is 3. The molecule has 0 radical (unpaired) electrons. The lowest BCUT2D eigenvalue weighted by Crippen LogP contribution is -2.04. The first-order chi connectivity index (χ1) is 12.6. The van der Waals surface area contributed by atoms with Crippen molar-refractivity contribution in [1.82, 2.24) is 0 Å². The second kappa shape index (κ2) is 8.33. The molecule has 2 rings (SSSR count). The van der Waals surface area contributed by atoms with Crippen LogP contribution in [0.25, 0.3) is 12.2 Å². The van der Waals surface area contributed by atoms with Crippen LogP contribution in [-0.4, -0.2) is 14.2 Å². The SMILES string of the molecule is COP(=O)(Cc1c(C)cccc1/C=C/c1c(F)c(F)c(F)c(F)c1F)OC. The highest BCUT2D eigenvalue weighted by Crippen LogP contribution is 2.50. The van der Waals surface area contributed by atoms with Gasteiger partial charge in [0.15, 0.2) is 23.3 Å². The zero-order chi connectivity index (χ0) is 20.4. The van der Waals surface area contributed by atoms with Gasteiger partial charge in [-0.3, -0.25) is 4.57 Å². The second-order valence-electron chi connectivity index (χ2n) is 5.59. The van der Waals surface area contributed by atoms with Crippen LogP contribution in [0.2, 0.25) is 0 Å². The molecule has 0 atom stereocenters. The Balaban J connectivity index is 2.54. The summed E-state index contributed by atoms with van der Waals surface area (Å²) in [5, 5.41) is 0. The van der Waals surface area contributed by atoms with Crippen LogP contribution in [0.5, 0.6) is 0 Å². The summed E-state index contributed by atoms with van der Waals surface area (Å²) >= 11 is 0. The topological polar surface area (TPSA) is 35.5 Å². The molecule has 0 aliphatic carbocycles. The Morgan fingerprint density at radius 1 is 0.889 bits per heavy atom. The molecule has 146 valence electrons. The normalized spacial score (nSPS) is 12.1. The van der Waals surface area contributed by atoms with E-state index in [4.69, 9.17) is 9.05 Å². The molecular formula is C18H16F5O3P. The van der Waals surface area contributed by atoms with E-state index in [0.29, 0.717) is 16.7 Å². The number of hydrogen-bond donors (Lipinski definition) is 0. The Morgan fingerprint density at radius 2 is 1.41 bits per heavy atom. The van der Waals surface area contributed by atoms with Gasteiger partial charge in [-0.25, -0.2) is 22.0 Å². The van der Waals surface area contributed by atoms with Crippen LogP contribution in [0.1, 0.15) is 22.3 Å². The van der Waals surface area contributed by atoms with E-state index in [0.717, 1.165) is 6.08 Å². The van der Waals surface area contributed by atoms with Crippen molar-refractivity contribution in [2.24, 2.45) is 0 Å². The van der Waals surface area contributed by atoms with Crippen molar-refractivity contribution in [3.8, 4) is 0 Å². The van der Waals surface area contributed by atoms with Crippen LogP contribution in [-0.2, 0) is 19.8 Å². The van der Waals surface area contributed by atoms with Gasteiger partial charge in [-0.15, -0.1) is 0 Å². The van der Waals surface area contributed by atoms with Gasteiger partial charge in [0.05, 0.1) is 11.7 Å². The Morgan fingerprint density at radius 3 is 1.93 bits per heavy atom. The molecule has 0 saturated heterocycles. The van der Waals surface area contributed by atoms with Gasteiger partial charge in [0.2, 0.25) is 5.82 Å². The van der Waals surface area contributed by atoms with Crippen LogP contribution in [0.15, 0.2) is 18.2 Å². The van der Waals surface area contributed by atoms with Crippen molar-refractivity contribution in [2.75, 3.05) is 14.2 Å². The molecule has 0 aromatic heterocycles. The maximum absolute atomic E-state index is 13.8. The minimum Gasteiger partial charge on any atom is -0.312 e. The van der Waals surface area contributed by atoms with Crippen LogP contribution in [0.4, 0.5) is 22.0 Å². The zero-order valence-electron chi connectivity index (χ0n) is 14.7. The van der Waals surface area contributed by atoms with Crippen LogP contribution in [0, 0.1) is 36.0 Å². The van der Waals surface area contributed by atoms with Gasteiger partial charge in [-0.1, -0.05) is 24.3 Å². The summed E-state index contributed by atoms with van der Waals surface area (Å²) in [4.78, 5) is 0. The third kappa shape index (κ3) is 4.29. The third-order valence-corrected chi connectivity index (χ3v) is 5.84. The first kappa shape index (κ1) is 21.3. The molecule has 0 bridgehead atoms. The Bertz CT molecular complexity index is 906. The predicted octanol–water partition coefficient (Wildman–Crippen LogP) is 5.85. The number of aryl methyl sites for hydroxylation is 1. The summed E-state index contributed by atoms with van der Waals surface area (Å²) in [5.74, 6) is -10.1. The van der Waals surface area contributed by atoms with Gasteiger partial charge >= 0.3 is 7.60 Å². The Labute approximate surface area is 153 Å². The summed E-state index contributed by atoms with van der Waals surface area (Å²) < 4.78 is 89.6. The molecule has 0 unspecified atom stereocenters. The molecule has 0 aliphatic heterocycles. The maximum Gasteiger partial charge on any atom is 0.334 e. The summed E-state index contributed by atoms with van der Waals surface area (Å²) in [6.07, 6.45) is 1.82. The largest absolute Gasteiger partial charge is 0.334 e. The van der Waals surface area contributed by atoms with E-state index in [1.807, 2.05) is 0 Å². The van der Waals surface area contributed by atoms with Gasteiger partial charge in [-0.05, 0) is 29.7 Å². The van der Waals surface area contributed by atoms with Gasteiger partial charge in [0, 0.05) is 14.2 Å². The van der Waals surface area contributed by atoms with Crippen molar-refractivity contribution in [1.29, 1.82) is 0 Å². The summed E-state index contributed by atoms with van der Waals surface area (Å²) in [7, 11) is -1.02. The van der Waals surface area contributed by atoms with Crippen LogP contribution in [0.3, 0.4) is 0 Å². The molecule has 0 aliphatic rings. The van der Waals surface area contributed by atoms with Crippen molar-refractivity contribution in [2.45, 2.75) is 13.1 Å². The predicted molar refractivity (Wildman–Crippen MR) is 91.7 cm³/mol. The molecular weight excluding hydrogens is 390 g/mol. The van der Waals surface area contributed by atoms with Gasteiger partial charge < -0.3 is 9.05 Å². The third-order valence-electron chi connectivity index (χ3n) is 4.03. The molecule has 2 aromatic rings. The number of halogens is 5. The molecule has 0 N–H and O–H groups in total. The summed E-state index contributed by atoms with van der Waals surface area (Å²) in [6, 6.07) is 4.88. The minimum atomic E-state index is -3.45. The van der Waals surface area contributed by atoms with Crippen LogP contribution >= 0.6 is 7.60 Å². The smallest absolute Gasteiger partial charge is 0.312 e. The molecule has 0 fully saturated rings.